The molecule has 0 saturated carbocycles. The molecule has 0 bridgehead atoms. The fourth-order valence-electron chi connectivity index (χ4n) is 1.95. The summed E-state index contributed by atoms with van der Waals surface area (Å²) in [6.07, 6.45) is 2.37. The van der Waals surface area contributed by atoms with Crippen LogP contribution in [0.5, 0.6) is 0 Å². The van der Waals surface area contributed by atoms with E-state index >= 15 is 0 Å². The zero-order valence-corrected chi connectivity index (χ0v) is 9.80. The number of rotatable bonds is 2. The van der Waals surface area contributed by atoms with Crippen molar-refractivity contribution < 1.29 is 20.1 Å². The van der Waals surface area contributed by atoms with Crippen LogP contribution in [0.4, 0.5) is 5.82 Å². The van der Waals surface area contributed by atoms with Crippen LogP contribution in [-0.4, -0.2) is 49.3 Å². The first kappa shape index (κ1) is 13.5. The number of aliphatic hydroxyl groups excluding tert-OH is 2. The third kappa shape index (κ3) is 1.98. The van der Waals surface area contributed by atoms with Gasteiger partial charge in [-0.15, -0.1) is 6.42 Å². The molecule has 8 nitrogen and oxygen atoms in total. The third-order valence-electron chi connectivity index (χ3n) is 3.04. The van der Waals surface area contributed by atoms with Crippen LogP contribution >= 0.6 is 0 Å². The summed E-state index contributed by atoms with van der Waals surface area (Å²) in [4.78, 5) is 15.1. The summed E-state index contributed by atoms with van der Waals surface area (Å²) >= 11 is 0. The Morgan fingerprint density at radius 2 is 2.37 bits per heavy atom. The van der Waals surface area contributed by atoms with Crippen molar-refractivity contribution in [3.05, 3.63) is 22.7 Å². The van der Waals surface area contributed by atoms with E-state index in [-0.39, 0.29) is 5.82 Å². The number of aliphatic hydroxyl groups is 3. The van der Waals surface area contributed by atoms with Crippen molar-refractivity contribution >= 4 is 5.82 Å². The van der Waals surface area contributed by atoms with E-state index in [9.17, 15) is 15.0 Å². The lowest BCUT2D eigenvalue weighted by Gasteiger charge is -2.23. The highest BCUT2D eigenvalue weighted by molar-refractivity contribution is 5.24. The Morgan fingerprint density at radius 3 is 2.84 bits per heavy atom. The Hall–Kier alpha value is -1.92. The van der Waals surface area contributed by atoms with Crippen molar-refractivity contribution in [2.24, 2.45) is 0 Å². The van der Waals surface area contributed by atoms with E-state index in [1.807, 2.05) is 5.92 Å². The Labute approximate surface area is 108 Å². The first-order chi connectivity index (χ1) is 8.93. The Kier molecular flexibility index (Phi) is 3.30. The monoisotopic (exact) mass is 267 g/mol. The highest BCUT2D eigenvalue weighted by Gasteiger charge is 2.55. The molecule has 8 heteroatoms. The van der Waals surface area contributed by atoms with E-state index in [2.05, 4.69) is 4.98 Å². The number of anilines is 1. The van der Waals surface area contributed by atoms with E-state index < -0.39 is 36.3 Å². The summed E-state index contributed by atoms with van der Waals surface area (Å²) in [5.41, 5.74) is 2.50. The van der Waals surface area contributed by atoms with Crippen molar-refractivity contribution in [3.63, 3.8) is 0 Å². The van der Waals surface area contributed by atoms with E-state index in [1.54, 1.807) is 0 Å². The average Bonchev–Trinajstić information content (AvgIpc) is 2.63. The fraction of sp³-hybridized carbons (Fsp3) is 0.455. The van der Waals surface area contributed by atoms with Crippen LogP contribution in [0.3, 0.4) is 0 Å². The molecule has 4 atom stereocenters. The maximum Gasteiger partial charge on any atom is 0.351 e. The molecule has 1 saturated heterocycles. The predicted molar refractivity (Wildman–Crippen MR) is 63.7 cm³/mol. The first-order valence-electron chi connectivity index (χ1n) is 5.43. The number of hydrogen-bond donors (Lipinski definition) is 4. The van der Waals surface area contributed by atoms with Crippen molar-refractivity contribution in [2.75, 3.05) is 12.3 Å². The van der Waals surface area contributed by atoms with E-state index in [4.69, 9.17) is 22.0 Å². The molecule has 5 N–H and O–H groups in total. The topological polar surface area (TPSA) is 131 Å². The van der Waals surface area contributed by atoms with Gasteiger partial charge in [0.15, 0.2) is 11.8 Å². The van der Waals surface area contributed by atoms with E-state index in [0.717, 1.165) is 4.57 Å². The number of aromatic nitrogens is 2. The van der Waals surface area contributed by atoms with Crippen LogP contribution in [0.15, 0.2) is 17.1 Å². The maximum absolute atomic E-state index is 11.7. The summed E-state index contributed by atoms with van der Waals surface area (Å²) in [6, 6.07) is 1.33. The summed E-state index contributed by atoms with van der Waals surface area (Å²) in [6.45, 7) is -0.606. The highest BCUT2D eigenvalue weighted by Crippen LogP contribution is 2.35. The maximum atomic E-state index is 11.7. The van der Waals surface area contributed by atoms with Crippen molar-refractivity contribution in [3.8, 4) is 12.3 Å². The molecule has 1 aliphatic heterocycles. The van der Waals surface area contributed by atoms with Gasteiger partial charge in [0.1, 0.15) is 18.0 Å². The highest BCUT2D eigenvalue weighted by atomic mass is 16.6. The summed E-state index contributed by atoms with van der Waals surface area (Å²) in [7, 11) is 0. The standard InChI is InChI=1S/C11H13N3O5/c1-2-11(18)6(5-15)19-9(8(11)16)14-4-3-7(12)13-10(14)17/h1,3-4,6,8-9,15-16,18H,5H2,(H2,12,13,17)/t6-,8+,9?,11-/m1/s1. The Morgan fingerprint density at radius 1 is 1.68 bits per heavy atom. The van der Waals surface area contributed by atoms with Crippen LogP contribution < -0.4 is 11.4 Å². The molecule has 2 rings (SSSR count). The molecule has 102 valence electrons. The largest absolute Gasteiger partial charge is 0.394 e. The molecule has 0 amide bonds. The summed E-state index contributed by atoms with van der Waals surface area (Å²) in [5, 5.41) is 29.2. The van der Waals surface area contributed by atoms with Gasteiger partial charge in [-0.3, -0.25) is 4.57 Å². The minimum Gasteiger partial charge on any atom is -0.394 e. The zero-order valence-electron chi connectivity index (χ0n) is 9.80. The molecular weight excluding hydrogens is 254 g/mol. The first-order valence-corrected chi connectivity index (χ1v) is 5.43. The van der Waals surface area contributed by atoms with Gasteiger partial charge in [0.05, 0.1) is 6.61 Å². The second kappa shape index (κ2) is 4.64. The van der Waals surface area contributed by atoms with Gasteiger partial charge in [-0.25, -0.2) is 4.79 Å². The minimum absolute atomic E-state index is 0.0136. The number of nitrogen functional groups attached to an aromatic ring is 1. The molecule has 1 fully saturated rings. The molecule has 0 aromatic carbocycles. The Balaban J connectivity index is 2.43. The lowest BCUT2D eigenvalue weighted by Crippen LogP contribution is -2.48. The van der Waals surface area contributed by atoms with E-state index in [0.29, 0.717) is 0 Å². The third-order valence-corrected chi connectivity index (χ3v) is 3.04. The minimum atomic E-state index is -2.08. The second-order valence-electron chi connectivity index (χ2n) is 4.15. The molecule has 1 aromatic rings. The molecule has 2 heterocycles. The molecule has 0 aliphatic carbocycles. The Bertz CT molecular complexity index is 580. The number of terminal acetylenes is 1. The molecule has 19 heavy (non-hydrogen) atoms. The van der Waals surface area contributed by atoms with Gasteiger partial charge in [0, 0.05) is 6.20 Å². The van der Waals surface area contributed by atoms with Gasteiger partial charge < -0.3 is 25.8 Å². The van der Waals surface area contributed by atoms with Crippen molar-refractivity contribution in [2.45, 2.75) is 24.0 Å². The summed E-state index contributed by atoms with van der Waals surface area (Å²) < 4.78 is 6.17. The molecule has 1 unspecified atom stereocenters. The number of hydrogen-bond acceptors (Lipinski definition) is 7. The van der Waals surface area contributed by atoms with Crippen LogP contribution in [0, 0.1) is 12.3 Å². The molecule has 1 aliphatic rings. The fourth-order valence-corrected chi connectivity index (χ4v) is 1.95. The van der Waals surface area contributed by atoms with Crippen LogP contribution in [0.1, 0.15) is 6.23 Å². The quantitative estimate of drug-likeness (QED) is 0.433. The van der Waals surface area contributed by atoms with Gasteiger partial charge in [0.25, 0.3) is 0 Å². The molecular formula is C11H13N3O5. The second-order valence-corrected chi connectivity index (χ2v) is 4.15. The van der Waals surface area contributed by atoms with E-state index in [1.165, 1.54) is 12.3 Å². The van der Waals surface area contributed by atoms with Gasteiger partial charge in [-0.05, 0) is 6.07 Å². The number of nitrogens with two attached hydrogens (primary N) is 1. The lowest BCUT2D eigenvalue weighted by atomic mass is 9.93. The van der Waals surface area contributed by atoms with Gasteiger partial charge in [-0.1, -0.05) is 5.92 Å². The zero-order chi connectivity index (χ0) is 14.2. The number of ether oxygens (including phenoxy) is 1. The average molecular weight is 267 g/mol. The smallest absolute Gasteiger partial charge is 0.351 e. The van der Waals surface area contributed by atoms with Gasteiger partial charge in [-0.2, -0.15) is 4.98 Å². The summed E-state index contributed by atoms with van der Waals surface area (Å²) in [5.74, 6) is 2.00. The van der Waals surface area contributed by atoms with Crippen LogP contribution in [0.25, 0.3) is 0 Å². The van der Waals surface area contributed by atoms with Gasteiger partial charge in [0.2, 0.25) is 0 Å². The van der Waals surface area contributed by atoms with Crippen molar-refractivity contribution in [1.29, 1.82) is 0 Å². The SMILES string of the molecule is C#C[C@@]1(O)[C@@H](CO)OC(n2ccc(N)nc2=O)[C@@H]1O. The lowest BCUT2D eigenvalue weighted by molar-refractivity contribution is -0.0624. The van der Waals surface area contributed by atoms with Gasteiger partial charge >= 0.3 is 5.69 Å². The normalized spacial score (nSPS) is 34.1. The molecule has 1 aromatic heterocycles. The molecule has 0 spiro atoms. The van der Waals surface area contributed by atoms with Crippen molar-refractivity contribution in [1.82, 2.24) is 9.55 Å². The van der Waals surface area contributed by atoms with Crippen LogP contribution in [0.2, 0.25) is 0 Å². The number of nitrogens with zero attached hydrogens (tertiary/aromatic N) is 2. The molecule has 0 radical (unpaired) electrons. The van der Waals surface area contributed by atoms with Crippen LogP contribution in [-0.2, 0) is 4.74 Å². The predicted octanol–water partition coefficient (Wildman–Crippen LogP) is -2.56.